The number of carbonyl (C=O) groups excluding carboxylic acids is 1. The minimum absolute atomic E-state index is 0.0261. The molecule has 1 amide bonds. The van der Waals surface area contributed by atoms with Crippen molar-refractivity contribution in [3.63, 3.8) is 0 Å². The summed E-state index contributed by atoms with van der Waals surface area (Å²) in [5.41, 5.74) is 1.10. The second-order valence-electron chi connectivity index (χ2n) is 6.18. The first-order valence-electron chi connectivity index (χ1n) is 7.89. The molecule has 3 rings (SSSR count). The van der Waals surface area contributed by atoms with Crippen molar-refractivity contribution in [1.29, 1.82) is 0 Å². The SMILES string of the molecule is COc1cccc(C2NC(C)C(=O)N2CCCC2CC2)c1. The Morgan fingerprint density at radius 2 is 2.19 bits per heavy atom. The molecule has 1 saturated carbocycles. The van der Waals surface area contributed by atoms with E-state index in [1.165, 1.54) is 19.3 Å². The number of rotatable bonds is 6. The minimum atomic E-state index is -0.109. The molecule has 114 valence electrons. The van der Waals surface area contributed by atoms with Crippen molar-refractivity contribution >= 4 is 5.91 Å². The van der Waals surface area contributed by atoms with Gasteiger partial charge in [-0.25, -0.2) is 0 Å². The van der Waals surface area contributed by atoms with Gasteiger partial charge in [0.1, 0.15) is 11.9 Å². The van der Waals surface area contributed by atoms with Gasteiger partial charge in [-0.2, -0.15) is 0 Å². The first kappa shape index (κ1) is 14.4. The molecule has 1 N–H and O–H groups in total. The van der Waals surface area contributed by atoms with E-state index in [1.54, 1.807) is 7.11 Å². The van der Waals surface area contributed by atoms with Crippen LogP contribution in [-0.4, -0.2) is 30.5 Å². The summed E-state index contributed by atoms with van der Waals surface area (Å²) in [4.78, 5) is 14.4. The van der Waals surface area contributed by atoms with Gasteiger partial charge in [0, 0.05) is 6.54 Å². The lowest BCUT2D eigenvalue weighted by Crippen LogP contribution is -2.31. The summed E-state index contributed by atoms with van der Waals surface area (Å²) in [7, 11) is 1.67. The van der Waals surface area contributed by atoms with E-state index in [0.29, 0.717) is 0 Å². The van der Waals surface area contributed by atoms with Crippen molar-refractivity contribution in [3.8, 4) is 5.75 Å². The molecule has 21 heavy (non-hydrogen) atoms. The number of amides is 1. The summed E-state index contributed by atoms with van der Waals surface area (Å²) < 4.78 is 5.29. The fourth-order valence-electron chi connectivity index (χ4n) is 3.06. The lowest BCUT2D eigenvalue weighted by atomic mass is 10.1. The zero-order valence-electron chi connectivity index (χ0n) is 12.8. The highest BCUT2D eigenvalue weighted by molar-refractivity contribution is 5.84. The Kier molecular flexibility index (Phi) is 4.15. The van der Waals surface area contributed by atoms with Gasteiger partial charge in [0.15, 0.2) is 0 Å². The Balaban J connectivity index is 1.71. The van der Waals surface area contributed by atoms with Crippen LogP contribution in [0.15, 0.2) is 24.3 Å². The molecule has 4 heteroatoms. The Morgan fingerprint density at radius 1 is 1.38 bits per heavy atom. The van der Waals surface area contributed by atoms with Gasteiger partial charge < -0.3 is 9.64 Å². The normalized spacial score (nSPS) is 25.4. The number of ether oxygens (including phenoxy) is 1. The zero-order chi connectivity index (χ0) is 14.8. The smallest absolute Gasteiger partial charge is 0.241 e. The van der Waals surface area contributed by atoms with Crippen LogP contribution in [0.3, 0.4) is 0 Å². The topological polar surface area (TPSA) is 41.6 Å². The summed E-state index contributed by atoms with van der Waals surface area (Å²) in [5.74, 6) is 1.96. The van der Waals surface area contributed by atoms with Crippen molar-refractivity contribution in [2.45, 2.75) is 44.8 Å². The van der Waals surface area contributed by atoms with Crippen LogP contribution in [0.25, 0.3) is 0 Å². The Bertz CT molecular complexity index is 513. The molecule has 1 aliphatic carbocycles. The van der Waals surface area contributed by atoms with Crippen LogP contribution in [0.2, 0.25) is 0 Å². The van der Waals surface area contributed by atoms with Crippen molar-refractivity contribution < 1.29 is 9.53 Å². The number of hydrogen-bond acceptors (Lipinski definition) is 3. The molecule has 0 spiro atoms. The van der Waals surface area contributed by atoms with E-state index in [9.17, 15) is 4.79 Å². The van der Waals surface area contributed by atoms with E-state index in [2.05, 4.69) is 11.4 Å². The minimum Gasteiger partial charge on any atom is -0.497 e. The van der Waals surface area contributed by atoms with Crippen LogP contribution in [0.5, 0.6) is 5.75 Å². The number of hydrogen-bond donors (Lipinski definition) is 1. The molecular weight excluding hydrogens is 264 g/mol. The summed E-state index contributed by atoms with van der Waals surface area (Å²) >= 11 is 0. The Hall–Kier alpha value is -1.55. The third-order valence-corrected chi connectivity index (χ3v) is 4.49. The zero-order valence-corrected chi connectivity index (χ0v) is 12.8. The van der Waals surface area contributed by atoms with Crippen molar-refractivity contribution in [3.05, 3.63) is 29.8 Å². The molecule has 0 bridgehead atoms. The second-order valence-corrected chi connectivity index (χ2v) is 6.18. The molecule has 1 heterocycles. The number of methoxy groups -OCH3 is 1. The predicted molar refractivity (Wildman–Crippen MR) is 82.0 cm³/mol. The van der Waals surface area contributed by atoms with Gasteiger partial charge >= 0.3 is 0 Å². The van der Waals surface area contributed by atoms with Crippen molar-refractivity contribution in [2.24, 2.45) is 5.92 Å². The van der Waals surface area contributed by atoms with Gasteiger partial charge in [-0.1, -0.05) is 25.0 Å². The van der Waals surface area contributed by atoms with Gasteiger partial charge in [0.05, 0.1) is 13.2 Å². The third-order valence-electron chi connectivity index (χ3n) is 4.49. The highest BCUT2D eigenvalue weighted by Crippen LogP contribution is 2.34. The van der Waals surface area contributed by atoms with Crippen LogP contribution in [0, 0.1) is 5.92 Å². The molecule has 1 aromatic rings. The fraction of sp³-hybridized carbons (Fsp3) is 0.588. The molecular formula is C17H24N2O2. The molecule has 0 aromatic heterocycles. The second kappa shape index (κ2) is 6.06. The van der Waals surface area contributed by atoms with E-state index in [0.717, 1.165) is 30.2 Å². The number of carbonyl (C=O) groups is 1. The maximum Gasteiger partial charge on any atom is 0.241 e. The van der Waals surface area contributed by atoms with E-state index < -0.39 is 0 Å². The lowest BCUT2D eigenvalue weighted by molar-refractivity contribution is -0.129. The lowest BCUT2D eigenvalue weighted by Gasteiger charge is -2.25. The molecule has 2 atom stereocenters. The summed E-state index contributed by atoms with van der Waals surface area (Å²) in [6.45, 7) is 2.78. The van der Waals surface area contributed by atoms with E-state index in [-0.39, 0.29) is 18.1 Å². The van der Waals surface area contributed by atoms with Crippen molar-refractivity contribution in [2.75, 3.05) is 13.7 Å². The molecule has 2 fully saturated rings. The predicted octanol–water partition coefficient (Wildman–Crippen LogP) is 2.70. The molecule has 0 radical (unpaired) electrons. The highest BCUT2D eigenvalue weighted by atomic mass is 16.5. The van der Waals surface area contributed by atoms with Gasteiger partial charge in [0.2, 0.25) is 5.91 Å². The molecule has 2 aliphatic rings. The van der Waals surface area contributed by atoms with Crippen LogP contribution in [0.1, 0.15) is 44.3 Å². The standard InChI is InChI=1S/C17H24N2O2/c1-12-17(20)19(10-4-5-13-8-9-13)16(18-12)14-6-3-7-15(11-14)21-2/h3,6-7,11-13,16,18H,4-5,8-10H2,1-2H3. The molecule has 1 aromatic carbocycles. The highest BCUT2D eigenvalue weighted by Gasteiger charge is 2.37. The number of nitrogens with one attached hydrogen (secondary N) is 1. The maximum absolute atomic E-state index is 12.4. The van der Waals surface area contributed by atoms with Crippen LogP contribution >= 0.6 is 0 Å². The third kappa shape index (κ3) is 3.21. The quantitative estimate of drug-likeness (QED) is 0.875. The molecule has 2 unspecified atom stereocenters. The van der Waals surface area contributed by atoms with E-state index in [1.807, 2.05) is 30.0 Å². The average Bonchev–Trinajstić information content (AvgIpc) is 3.28. The van der Waals surface area contributed by atoms with E-state index in [4.69, 9.17) is 4.74 Å². The van der Waals surface area contributed by atoms with Gasteiger partial charge in [-0.05, 0) is 43.4 Å². The maximum atomic E-state index is 12.4. The molecule has 4 nitrogen and oxygen atoms in total. The summed E-state index contributed by atoms with van der Waals surface area (Å²) in [5, 5.41) is 3.40. The van der Waals surface area contributed by atoms with Crippen LogP contribution in [-0.2, 0) is 4.79 Å². The first-order chi connectivity index (χ1) is 10.2. The Labute approximate surface area is 126 Å². The first-order valence-corrected chi connectivity index (χ1v) is 7.89. The van der Waals surface area contributed by atoms with Crippen molar-refractivity contribution in [1.82, 2.24) is 10.2 Å². The molecule has 1 aliphatic heterocycles. The monoisotopic (exact) mass is 288 g/mol. The largest absolute Gasteiger partial charge is 0.497 e. The Morgan fingerprint density at radius 3 is 2.90 bits per heavy atom. The molecule has 1 saturated heterocycles. The van der Waals surface area contributed by atoms with E-state index >= 15 is 0 Å². The number of benzene rings is 1. The summed E-state index contributed by atoms with van der Waals surface area (Å²) in [6.07, 6.45) is 5.08. The fourth-order valence-corrected chi connectivity index (χ4v) is 3.06. The summed E-state index contributed by atoms with van der Waals surface area (Å²) in [6, 6.07) is 7.87. The van der Waals surface area contributed by atoms with Crippen LogP contribution < -0.4 is 10.1 Å². The number of nitrogens with zero attached hydrogens (tertiary/aromatic N) is 1. The van der Waals surface area contributed by atoms with Gasteiger partial charge in [-0.15, -0.1) is 0 Å². The van der Waals surface area contributed by atoms with Gasteiger partial charge in [0.25, 0.3) is 0 Å². The van der Waals surface area contributed by atoms with Crippen LogP contribution in [0.4, 0.5) is 0 Å². The van der Waals surface area contributed by atoms with Gasteiger partial charge in [-0.3, -0.25) is 10.1 Å². The average molecular weight is 288 g/mol.